The van der Waals surface area contributed by atoms with Crippen LogP contribution in [0, 0.1) is 7.14 Å². The number of rotatable bonds is 3. The topological polar surface area (TPSA) is 52.9 Å². The zero-order valence-corrected chi connectivity index (χ0v) is 19.2. The summed E-state index contributed by atoms with van der Waals surface area (Å²) in [4.78, 5) is 19.9. The molecule has 1 aliphatic heterocycles. The molecular weight excluding hydrogens is 574 g/mol. The van der Waals surface area contributed by atoms with Crippen LogP contribution in [0.2, 0.25) is 0 Å². The molecule has 1 fully saturated rings. The molecule has 0 atom stereocenters. The van der Waals surface area contributed by atoms with E-state index in [2.05, 4.69) is 50.2 Å². The van der Waals surface area contributed by atoms with Crippen molar-refractivity contribution in [2.45, 2.75) is 19.9 Å². The van der Waals surface area contributed by atoms with Gasteiger partial charge >= 0.3 is 0 Å². The molecule has 1 heterocycles. The molecule has 0 saturated carbocycles. The smallest absolute Gasteiger partial charge is 0.266 e. The van der Waals surface area contributed by atoms with E-state index in [4.69, 9.17) is 0 Å². The average Bonchev–Trinajstić information content (AvgIpc) is 2.89. The Hall–Kier alpha value is -1.07. The second-order valence-electron chi connectivity index (χ2n) is 5.94. The number of phenolic OH excluding ortho intramolecular Hbond substituents is 1. The number of halogens is 2. The number of nitrogens with zero attached hydrogens (tertiary/aromatic N) is 2. The highest BCUT2D eigenvalue weighted by molar-refractivity contribution is 14.1. The van der Waals surface area contributed by atoms with Gasteiger partial charge in [-0.15, -0.1) is 0 Å². The van der Waals surface area contributed by atoms with Crippen molar-refractivity contribution in [3.05, 3.63) is 60.1 Å². The van der Waals surface area contributed by atoms with Gasteiger partial charge in [-0.2, -0.15) is 0 Å². The van der Waals surface area contributed by atoms with E-state index in [-0.39, 0.29) is 17.7 Å². The van der Waals surface area contributed by atoms with Gasteiger partial charge in [0.1, 0.15) is 5.75 Å². The molecule has 4 nitrogen and oxygen atoms in total. The van der Waals surface area contributed by atoms with Crippen LogP contribution in [0.15, 0.2) is 52.4 Å². The highest BCUT2D eigenvalue weighted by atomic mass is 127. The van der Waals surface area contributed by atoms with Gasteiger partial charge < -0.3 is 5.11 Å². The van der Waals surface area contributed by atoms with Gasteiger partial charge in [-0.1, -0.05) is 18.2 Å². The minimum absolute atomic E-state index is 0.0171. The van der Waals surface area contributed by atoms with Crippen LogP contribution >= 0.6 is 56.9 Å². The fourth-order valence-corrected chi connectivity index (χ4v) is 5.39. The molecule has 2 aromatic rings. The van der Waals surface area contributed by atoms with Gasteiger partial charge in [-0.05, 0) is 107 Å². The van der Waals surface area contributed by atoms with Crippen LogP contribution in [0.1, 0.15) is 19.4 Å². The van der Waals surface area contributed by atoms with Crippen LogP contribution in [0.4, 0.5) is 5.69 Å². The van der Waals surface area contributed by atoms with Crippen LogP contribution in [0.3, 0.4) is 0 Å². The SMILES string of the molecule is CC(C)N1C(=O)/C(=C\c2cc(I)c(O)c(I)c2)SC1=Nc1ccccc1. The minimum Gasteiger partial charge on any atom is -0.506 e. The number of hydrogen-bond acceptors (Lipinski definition) is 4. The minimum atomic E-state index is -0.0437. The van der Waals surface area contributed by atoms with E-state index in [1.54, 1.807) is 4.90 Å². The Bertz CT molecular complexity index is 888. The number of benzene rings is 2. The van der Waals surface area contributed by atoms with Crippen LogP contribution < -0.4 is 0 Å². The molecule has 0 radical (unpaired) electrons. The number of aliphatic imine (C=N–C) groups is 1. The monoisotopic (exact) mass is 590 g/mol. The lowest BCUT2D eigenvalue weighted by Crippen LogP contribution is -2.35. The molecule has 1 amide bonds. The predicted octanol–water partition coefficient (Wildman–Crippen LogP) is 5.61. The van der Waals surface area contributed by atoms with E-state index in [0.717, 1.165) is 18.4 Å². The molecule has 7 heteroatoms. The molecule has 0 bridgehead atoms. The van der Waals surface area contributed by atoms with E-state index in [9.17, 15) is 9.90 Å². The summed E-state index contributed by atoms with van der Waals surface area (Å²) in [6, 6.07) is 13.4. The number of aromatic hydroxyl groups is 1. The van der Waals surface area contributed by atoms with E-state index in [0.29, 0.717) is 10.1 Å². The van der Waals surface area contributed by atoms with Gasteiger partial charge in [0, 0.05) is 6.04 Å². The van der Waals surface area contributed by atoms with Gasteiger partial charge in [0.05, 0.1) is 17.7 Å². The second kappa shape index (κ2) is 8.30. The van der Waals surface area contributed by atoms with Crippen LogP contribution in [-0.4, -0.2) is 27.1 Å². The number of carbonyl (C=O) groups excluding carboxylic acids is 1. The van der Waals surface area contributed by atoms with Gasteiger partial charge in [0.15, 0.2) is 5.17 Å². The third-order valence-electron chi connectivity index (χ3n) is 3.67. The number of para-hydroxylation sites is 1. The summed E-state index contributed by atoms with van der Waals surface area (Å²) < 4.78 is 1.52. The first-order valence-electron chi connectivity index (χ1n) is 7.91. The summed E-state index contributed by atoms with van der Waals surface area (Å²) in [5.74, 6) is 0.228. The van der Waals surface area contributed by atoms with Crippen molar-refractivity contribution in [2.24, 2.45) is 4.99 Å². The Morgan fingerprint density at radius 1 is 1.15 bits per heavy atom. The third kappa shape index (κ3) is 4.25. The lowest BCUT2D eigenvalue weighted by atomic mass is 10.2. The zero-order chi connectivity index (χ0) is 18.8. The summed E-state index contributed by atoms with van der Waals surface area (Å²) in [6.07, 6.45) is 1.86. The van der Waals surface area contributed by atoms with Gasteiger partial charge in [0.25, 0.3) is 5.91 Å². The van der Waals surface area contributed by atoms with E-state index in [1.807, 2.05) is 62.4 Å². The normalized spacial score (nSPS) is 17.7. The van der Waals surface area contributed by atoms with Crippen molar-refractivity contribution in [1.82, 2.24) is 4.90 Å². The predicted molar refractivity (Wildman–Crippen MR) is 125 cm³/mol. The Balaban J connectivity index is 2.00. The maximum Gasteiger partial charge on any atom is 0.266 e. The maximum atomic E-state index is 12.9. The summed E-state index contributed by atoms with van der Waals surface area (Å²) in [7, 11) is 0. The first-order valence-corrected chi connectivity index (χ1v) is 10.9. The van der Waals surface area contributed by atoms with E-state index in [1.165, 1.54) is 11.8 Å². The summed E-state index contributed by atoms with van der Waals surface area (Å²) >= 11 is 5.56. The maximum absolute atomic E-state index is 12.9. The fraction of sp³-hybridized carbons (Fsp3) is 0.158. The molecular formula is C19H16I2N2O2S. The molecule has 1 saturated heterocycles. The number of amidine groups is 1. The Morgan fingerprint density at radius 2 is 1.77 bits per heavy atom. The van der Waals surface area contributed by atoms with Crippen molar-refractivity contribution in [3.63, 3.8) is 0 Å². The quantitative estimate of drug-likeness (QED) is 0.374. The first-order chi connectivity index (χ1) is 12.4. The molecule has 0 aliphatic carbocycles. The molecule has 3 rings (SSSR count). The molecule has 134 valence electrons. The van der Waals surface area contributed by atoms with Crippen LogP contribution in [0.5, 0.6) is 5.75 Å². The van der Waals surface area contributed by atoms with Crippen molar-refractivity contribution >= 4 is 79.8 Å². The van der Waals surface area contributed by atoms with E-state index < -0.39 is 0 Å². The van der Waals surface area contributed by atoms with Crippen molar-refractivity contribution in [2.75, 3.05) is 0 Å². The van der Waals surface area contributed by atoms with Gasteiger partial charge in [-0.25, -0.2) is 4.99 Å². The molecule has 0 unspecified atom stereocenters. The lowest BCUT2D eigenvalue weighted by molar-refractivity contribution is -0.123. The molecule has 2 aromatic carbocycles. The number of thioether (sulfide) groups is 1. The number of carbonyl (C=O) groups is 1. The van der Waals surface area contributed by atoms with Crippen molar-refractivity contribution < 1.29 is 9.90 Å². The fourth-order valence-electron chi connectivity index (χ4n) is 2.45. The summed E-state index contributed by atoms with van der Waals surface area (Å²) in [6.45, 7) is 3.96. The van der Waals surface area contributed by atoms with Gasteiger partial charge in [0.2, 0.25) is 0 Å². The standard InChI is InChI=1S/C19H16I2N2O2S/c1-11(2)23-18(25)16(10-12-8-14(20)17(24)15(21)9-12)26-19(23)22-13-6-4-3-5-7-13/h3-11,24H,1-2H3/b16-10+,22-19?. The number of hydrogen-bond donors (Lipinski definition) is 1. The molecule has 0 aromatic heterocycles. The molecule has 1 N–H and O–H groups in total. The third-order valence-corrected chi connectivity index (χ3v) is 6.30. The molecule has 26 heavy (non-hydrogen) atoms. The molecule has 1 aliphatic rings. The second-order valence-corrected chi connectivity index (χ2v) is 9.28. The first kappa shape index (κ1) is 19.7. The summed E-state index contributed by atoms with van der Waals surface area (Å²) in [5, 5.41) is 10.6. The number of phenols is 1. The van der Waals surface area contributed by atoms with Crippen LogP contribution in [0.25, 0.3) is 6.08 Å². The number of amides is 1. The van der Waals surface area contributed by atoms with Crippen molar-refractivity contribution in [1.29, 1.82) is 0 Å². The zero-order valence-electron chi connectivity index (χ0n) is 14.1. The summed E-state index contributed by atoms with van der Waals surface area (Å²) in [5.41, 5.74) is 1.71. The Morgan fingerprint density at radius 3 is 2.35 bits per heavy atom. The highest BCUT2D eigenvalue weighted by Gasteiger charge is 2.35. The van der Waals surface area contributed by atoms with E-state index >= 15 is 0 Å². The molecule has 0 spiro atoms. The van der Waals surface area contributed by atoms with Gasteiger partial charge in [-0.3, -0.25) is 9.69 Å². The van der Waals surface area contributed by atoms with Crippen LogP contribution in [-0.2, 0) is 4.79 Å². The Kier molecular flexibility index (Phi) is 6.29. The largest absolute Gasteiger partial charge is 0.506 e. The lowest BCUT2D eigenvalue weighted by Gasteiger charge is -2.19. The average molecular weight is 590 g/mol. The Labute approximate surface area is 184 Å². The van der Waals surface area contributed by atoms with Crippen molar-refractivity contribution in [3.8, 4) is 5.75 Å². The highest BCUT2D eigenvalue weighted by Crippen LogP contribution is 2.36.